The van der Waals surface area contributed by atoms with Gasteiger partial charge in [-0.15, -0.1) is 0 Å². The molecule has 0 aliphatic rings. The Labute approximate surface area is 121 Å². The predicted octanol–water partition coefficient (Wildman–Crippen LogP) is 3.94. The smallest absolute Gasteiger partial charge is 0.198 e. The van der Waals surface area contributed by atoms with Crippen LogP contribution in [0.3, 0.4) is 0 Å². The molecule has 0 aliphatic heterocycles. The highest BCUT2D eigenvalue weighted by molar-refractivity contribution is 6.16. The number of hydrogen-bond acceptors (Lipinski definition) is 2. The molecule has 0 bridgehead atoms. The van der Waals surface area contributed by atoms with Gasteiger partial charge in [0.1, 0.15) is 11.6 Å². The van der Waals surface area contributed by atoms with Crippen molar-refractivity contribution in [3.05, 3.63) is 65.6 Å². The maximum atomic E-state index is 13.8. The minimum absolute atomic E-state index is 0.0696. The first kappa shape index (κ1) is 13.4. The molecule has 1 heterocycles. The third-order valence-corrected chi connectivity index (χ3v) is 3.33. The lowest BCUT2D eigenvalue weighted by atomic mass is 10.0. The molecular formula is C17H14FNO2. The highest BCUT2D eigenvalue weighted by Gasteiger charge is 2.17. The van der Waals surface area contributed by atoms with Gasteiger partial charge in [-0.1, -0.05) is 12.1 Å². The standard InChI is InChI=1S/C17H14FNO2/c1-2-21-11-7-8-16-13(9-11)14(10-19-16)17(20)12-5-3-4-6-15(12)18/h3-10,19H,2H2,1H3. The normalized spacial score (nSPS) is 10.8. The molecule has 0 amide bonds. The Morgan fingerprint density at radius 1 is 1.19 bits per heavy atom. The molecule has 2 aromatic carbocycles. The molecule has 0 unspecified atom stereocenters. The molecule has 3 aromatic rings. The van der Waals surface area contributed by atoms with Crippen LogP contribution < -0.4 is 4.74 Å². The fourth-order valence-corrected chi connectivity index (χ4v) is 2.33. The Balaban J connectivity index is 2.10. The van der Waals surface area contributed by atoms with Crippen LogP contribution >= 0.6 is 0 Å². The van der Waals surface area contributed by atoms with Crippen molar-refractivity contribution in [3.8, 4) is 5.75 Å². The number of halogens is 1. The van der Waals surface area contributed by atoms with Crippen LogP contribution in [-0.4, -0.2) is 17.4 Å². The van der Waals surface area contributed by atoms with Crippen LogP contribution in [0.2, 0.25) is 0 Å². The van der Waals surface area contributed by atoms with E-state index in [-0.39, 0.29) is 11.3 Å². The zero-order valence-corrected chi connectivity index (χ0v) is 11.5. The zero-order valence-electron chi connectivity index (χ0n) is 11.5. The SMILES string of the molecule is CCOc1ccc2[nH]cc(C(=O)c3ccccc3F)c2c1. The van der Waals surface area contributed by atoms with Gasteiger partial charge in [-0.3, -0.25) is 4.79 Å². The predicted molar refractivity (Wildman–Crippen MR) is 79.3 cm³/mol. The van der Waals surface area contributed by atoms with Crippen molar-refractivity contribution < 1.29 is 13.9 Å². The second kappa shape index (κ2) is 5.40. The molecule has 1 aromatic heterocycles. The van der Waals surface area contributed by atoms with Crippen LogP contribution in [0.1, 0.15) is 22.8 Å². The largest absolute Gasteiger partial charge is 0.494 e. The Hall–Kier alpha value is -2.62. The Bertz CT molecular complexity index is 807. The van der Waals surface area contributed by atoms with E-state index < -0.39 is 5.82 Å². The first-order valence-electron chi connectivity index (χ1n) is 6.74. The monoisotopic (exact) mass is 283 g/mol. The fourth-order valence-electron chi connectivity index (χ4n) is 2.33. The van der Waals surface area contributed by atoms with E-state index in [0.717, 1.165) is 10.9 Å². The maximum Gasteiger partial charge on any atom is 0.198 e. The molecular weight excluding hydrogens is 269 g/mol. The molecule has 106 valence electrons. The molecule has 0 spiro atoms. The summed E-state index contributed by atoms with van der Waals surface area (Å²) in [5, 5.41) is 0.731. The van der Waals surface area contributed by atoms with Gasteiger partial charge in [-0.2, -0.15) is 0 Å². The first-order chi connectivity index (χ1) is 10.2. The van der Waals surface area contributed by atoms with Crippen molar-refractivity contribution >= 4 is 16.7 Å². The van der Waals surface area contributed by atoms with E-state index in [2.05, 4.69) is 4.98 Å². The zero-order chi connectivity index (χ0) is 14.8. The summed E-state index contributed by atoms with van der Waals surface area (Å²) in [7, 11) is 0. The van der Waals surface area contributed by atoms with Gasteiger partial charge >= 0.3 is 0 Å². The number of rotatable bonds is 4. The number of fused-ring (bicyclic) bond motifs is 1. The molecule has 0 saturated heterocycles. The van der Waals surface area contributed by atoms with Crippen LogP contribution in [0.4, 0.5) is 4.39 Å². The summed E-state index contributed by atoms with van der Waals surface area (Å²) in [5.41, 5.74) is 1.33. The molecule has 4 heteroatoms. The molecule has 0 saturated carbocycles. The Kier molecular flexibility index (Phi) is 3.44. The minimum atomic E-state index is -0.516. The summed E-state index contributed by atoms with van der Waals surface area (Å²) in [6, 6.07) is 11.5. The summed E-state index contributed by atoms with van der Waals surface area (Å²) in [6.07, 6.45) is 1.61. The number of carbonyl (C=O) groups is 1. The number of ether oxygens (including phenoxy) is 1. The average molecular weight is 283 g/mol. The summed E-state index contributed by atoms with van der Waals surface area (Å²) >= 11 is 0. The van der Waals surface area contributed by atoms with Crippen molar-refractivity contribution in [2.45, 2.75) is 6.92 Å². The number of aromatic nitrogens is 1. The van der Waals surface area contributed by atoms with Crippen LogP contribution in [-0.2, 0) is 0 Å². The van der Waals surface area contributed by atoms with E-state index in [4.69, 9.17) is 4.74 Å². The van der Waals surface area contributed by atoms with Crippen molar-refractivity contribution in [2.75, 3.05) is 6.61 Å². The molecule has 0 atom stereocenters. The number of hydrogen-bond donors (Lipinski definition) is 1. The van der Waals surface area contributed by atoms with Gasteiger partial charge < -0.3 is 9.72 Å². The van der Waals surface area contributed by atoms with Gasteiger partial charge in [0.25, 0.3) is 0 Å². The van der Waals surface area contributed by atoms with E-state index in [9.17, 15) is 9.18 Å². The summed E-state index contributed by atoms with van der Waals surface area (Å²) in [6.45, 7) is 2.44. The average Bonchev–Trinajstić information content (AvgIpc) is 2.90. The van der Waals surface area contributed by atoms with Crippen molar-refractivity contribution in [1.82, 2.24) is 4.98 Å². The third-order valence-electron chi connectivity index (χ3n) is 3.33. The number of aromatic amines is 1. The molecule has 3 rings (SSSR count). The van der Waals surface area contributed by atoms with Crippen molar-refractivity contribution in [2.24, 2.45) is 0 Å². The molecule has 3 nitrogen and oxygen atoms in total. The highest BCUT2D eigenvalue weighted by atomic mass is 19.1. The number of benzene rings is 2. The second-order valence-electron chi connectivity index (χ2n) is 4.65. The topological polar surface area (TPSA) is 42.1 Å². The lowest BCUT2D eigenvalue weighted by Crippen LogP contribution is -2.03. The van der Waals surface area contributed by atoms with Gasteiger partial charge in [-0.05, 0) is 37.3 Å². The maximum absolute atomic E-state index is 13.8. The molecule has 21 heavy (non-hydrogen) atoms. The fraction of sp³-hybridized carbons (Fsp3) is 0.118. The molecule has 0 aliphatic carbocycles. The first-order valence-corrected chi connectivity index (χ1v) is 6.74. The number of H-pyrrole nitrogens is 1. The van der Waals surface area contributed by atoms with E-state index in [1.807, 2.05) is 19.1 Å². The minimum Gasteiger partial charge on any atom is -0.494 e. The lowest BCUT2D eigenvalue weighted by Gasteiger charge is -2.04. The van der Waals surface area contributed by atoms with Gasteiger partial charge in [0, 0.05) is 22.7 Å². The number of ketones is 1. The Morgan fingerprint density at radius 2 is 2.00 bits per heavy atom. The summed E-state index contributed by atoms with van der Waals surface area (Å²) in [4.78, 5) is 15.5. The van der Waals surface area contributed by atoms with Crippen LogP contribution in [0.15, 0.2) is 48.7 Å². The third kappa shape index (κ3) is 2.40. The number of carbonyl (C=O) groups excluding carboxylic acids is 1. The summed E-state index contributed by atoms with van der Waals surface area (Å²) in [5.74, 6) is -0.169. The molecule has 0 fully saturated rings. The Morgan fingerprint density at radius 3 is 2.76 bits per heavy atom. The molecule has 0 radical (unpaired) electrons. The second-order valence-corrected chi connectivity index (χ2v) is 4.65. The van der Waals surface area contributed by atoms with Crippen LogP contribution in [0, 0.1) is 5.82 Å². The van der Waals surface area contributed by atoms with Crippen molar-refractivity contribution in [3.63, 3.8) is 0 Å². The quantitative estimate of drug-likeness (QED) is 0.737. The van der Waals surface area contributed by atoms with Gasteiger partial charge in [0.05, 0.1) is 12.2 Å². The van der Waals surface area contributed by atoms with Gasteiger partial charge in [0.15, 0.2) is 5.78 Å². The summed E-state index contributed by atoms with van der Waals surface area (Å²) < 4.78 is 19.2. The highest BCUT2D eigenvalue weighted by Crippen LogP contribution is 2.26. The van der Waals surface area contributed by atoms with Crippen LogP contribution in [0.25, 0.3) is 10.9 Å². The van der Waals surface area contributed by atoms with E-state index in [1.54, 1.807) is 24.4 Å². The van der Waals surface area contributed by atoms with Crippen molar-refractivity contribution in [1.29, 1.82) is 0 Å². The van der Waals surface area contributed by atoms with E-state index >= 15 is 0 Å². The van der Waals surface area contributed by atoms with Gasteiger partial charge in [0.2, 0.25) is 0 Å². The number of nitrogens with one attached hydrogen (secondary N) is 1. The molecule has 1 N–H and O–H groups in total. The van der Waals surface area contributed by atoms with Crippen LogP contribution in [0.5, 0.6) is 5.75 Å². The van der Waals surface area contributed by atoms with E-state index in [0.29, 0.717) is 17.9 Å². The van der Waals surface area contributed by atoms with Gasteiger partial charge in [-0.25, -0.2) is 4.39 Å². The van der Waals surface area contributed by atoms with E-state index in [1.165, 1.54) is 12.1 Å². The lowest BCUT2D eigenvalue weighted by molar-refractivity contribution is 0.103.